The Balaban J connectivity index is 1.81. The van der Waals surface area contributed by atoms with Gasteiger partial charge in [0, 0.05) is 11.6 Å². The lowest BCUT2D eigenvalue weighted by atomic mass is 10.0. The van der Waals surface area contributed by atoms with Gasteiger partial charge in [-0.15, -0.1) is 0 Å². The highest BCUT2D eigenvalue weighted by Crippen LogP contribution is 2.33. The van der Waals surface area contributed by atoms with E-state index in [0.29, 0.717) is 18.2 Å². The molecule has 2 aromatic rings. The fourth-order valence-corrected chi connectivity index (χ4v) is 3.66. The van der Waals surface area contributed by atoms with Gasteiger partial charge in [0.05, 0.1) is 22.1 Å². The Bertz CT molecular complexity index is 1150. The molecule has 1 aliphatic heterocycles. The minimum absolute atomic E-state index is 0.0303. The molecule has 0 spiro atoms. The summed E-state index contributed by atoms with van der Waals surface area (Å²) in [6.45, 7) is 3.03. The Hall–Kier alpha value is -3.86. The predicted octanol–water partition coefficient (Wildman–Crippen LogP) is 3.72. The first-order valence-corrected chi connectivity index (χ1v) is 10.6. The van der Waals surface area contributed by atoms with Gasteiger partial charge in [-0.1, -0.05) is 6.92 Å². The highest BCUT2D eigenvalue weighted by molar-refractivity contribution is 8.18. The summed E-state index contributed by atoms with van der Waals surface area (Å²) in [6, 6.07) is 6.50. The van der Waals surface area contributed by atoms with Crippen molar-refractivity contribution in [3.8, 4) is 11.3 Å². The molecule has 0 bridgehead atoms. The summed E-state index contributed by atoms with van der Waals surface area (Å²) >= 11 is 0.636. The van der Waals surface area contributed by atoms with Crippen molar-refractivity contribution < 1.29 is 43.3 Å². The lowest BCUT2D eigenvalue weighted by Crippen LogP contribution is -2.35. The van der Waals surface area contributed by atoms with Crippen LogP contribution in [0.5, 0.6) is 0 Å². The van der Waals surface area contributed by atoms with Gasteiger partial charge >= 0.3 is 17.9 Å². The lowest BCUT2D eigenvalue weighted by molar-refractivity contribution is -0.150. The van der Waals surface area contributed by atoms with Crippen LogP contribution in [0.3, 0.4) is 0 Å². The van der Waals surface area contributed by atoms with Crippen LogP contribution in [0.1, 0.15) is 46.7 Å². The molecule has 0 aliphatic carbocycles. The Morgan fingerprint density at radius 2 is 1.76 bits per heavy atom. The van der Waals surface area contributed by atoms with E-state index in [-0.39, 0.29) is 39.2 Å². The summed E-state index contributed by atoms with van der Waals surface area (Å²) in [5.41, 5.74) is -0.241. The predicted molar refractivity (Wildman–Crippen MR) is 117 cm³/mol. The molecule has 172 valence electrons. The maximum atomic E-state index is 12.6. The van der Waals surface area contributed by atoms with Crippen LogP contribution < -0.4 is 0 Å². The number of furan rings is 1. The van der Waals surface area contributed by atoms with E-state index < -0.39 is 35.6 Å². The zero-order valence-electron chi connectivity index (χ0n) is 17.6. The summed E-state index contributed by atoms with van der Waals surface area (Å²) in [4.78, 5) is 60.1. The SMILES string of the molecule is CC[C@H](C)OC(=O)CN1C(=O)S/C(=C/c2ccc(-c3cc(C(=O)O)cc(C(=O)O)c3)o2)C1=O. The average molecular weight is 473 g/mol. The fourth-order valence-electron chi connectivity index (χ4n) is 2.84. The molecule has 1 aliphatic rings. The van der Waals surface area contributed by atoms with Crippen LogP contribution in [-0.2, 0) is 14.3 Å². The molecule has 3 rings (SSSR count). The number of amides is 2. The van der Waals surface area contributed by atoms with Crippen molar-refractivity contribution >= 4 is 46.9 Å². The normalized spacial score (nSPS) is 15.7. The molecule has 1 aromatic carbocycles. The van der Waals surface area contributed by atoms with Crippen LogP contribution in [-0.4, -0.2) is 56.8 Å². The van der Waals surface area contributed by atoms with Gasteiger partial charge in [0.1, 0.15) is 18.1 Å². The van der Waals surface area contributed by atoms with Crippen LogP contribution in [0.4, 0.5) is 4.79 Å². The molecule has 1 aromatic heterocycles. The van der Waals surface area contributed by atoms with Gasteiger partial charge in [-0.3, -0.25) is 19.3 Å². The second-order valence-corrected chi connectivity index (χ2v) is 8.08. The number of carboxylic acids is 2. The summed E-state index contributed by atoms with van der Waals surface area (Å²) in [5.74, 6) is -3.62. The summed E-state index contributed by atoms with van der Waals surface area (Å²) < 4.78 is 10.7. The lowest BCUT2D eigenvalue weighted by Gasteiger charge is -2.14. The first kappa shape index (κ1) is 23.8. The van der Waals surface area contributed by atoms with Gasteiger partial charge in [-0.2, -0.15) is 0 Å². The zero-order chi connectivity index (χ0) is 24.3. The highest BCUT2D eigenvalue weighted by Gasteiger charge is 2.37. The third-order valence-electron chi connectivity index (χ3n) is 4.68. The Morgan fingerprint density at radius 3 is 2.33 bits per heavy atom. The summed E-state index contributed by atoms with van der Waals surface area (Å²) in [5, 5.41) is 17.8. The van der Waals surface area contributed by atoms with E-state index in [2.05, 4.69) is 0 Å². The number of thioether (sulfide) groups is 1. The molecule has 11 heteroatoms. The monoisotopic (exact) mass is 473 g/mol. The number of ether oxygens (including phenoxy) is 1. The van der Waals surface area contributed by atoms with Crippen LogP contribution in [0, 0.1) is 0 Å². The van der Waals surface area contributed by atoms with E-state index in [1.807, 2.05) is 6.92 Å². The maximum absolute atomic E-state index is 12.6. The van der Waals surface area contributed by atoms with Crippen molar-refractivity contribution in [3.05, 3.63) is 52.1 Å². The molecule has 1 atom stereocenters. The number of carbonyl (C=O) groups is 5. The molecule has 0 unspecified atom stereocenters. The van der Waals surface area contributed by atoms with Gasteiger partial charge in [0.2, 0.25) is 0 Å². The van der Waals surface area contributed by atoms with Crippen LogP contribution in [0.25, 0.3) is 17.4 Å². The highest BCUT2D eigenvalue weighted by atomic mass is 32.2. The van der Waals surface area contributed by atoms with E-state index in [0.717, 1.165) is 11.0 Å². The molecule has 10 nitrogen and oxygen atoms in total. The fraction of sp³-hybridized carbons (Fsp3) is 0.227. The molecule has 0 saturated carbocycles. The van der Waals surface area contributed by atoms with Gasteiger partial charge in [-0.25, -0.2) is 9.59 Å². The minimum atomic E-state index is -1.30. The van der Waals surface area contributed by atoms with Crippen molar-refractivity contribution in [2.24, 2.45) is 0 Å². The second-order valence-electron chi connectivity index (χ2n) is 7.09. The Morgan fingerprint density at radius 1 is 1.12 bits per heavy atom. The van der Waals surface area contributed by atoms with E-state index in [4.69, 9.17) is 9.15 Å². The van der Waals surface area contributed by atoms with Crippen molar-refractivity contribution in [2.45, 2.75) is 26.4 Å². The number of esters is 1. The van der Waals surface area contributed by atoms with Gasteiger partial charge < -0.3 is 19.4 Å². The number of nitrogens with zero attached hydrogens (tertiary/aromatic N) is 1. The standard InChI is InChI=1S/C22H19NO9S/c1-3-11(2)31-18(24)10-23-19(25)17(33-22(23)30)9-15-4-5-16(32-15)12-6-13(20(26)27)8-14(7-12)21(28)29/h4-9,11H,3,10H2,1-2H3,(H,26,27)(H,28,29)/b17-9+/t11-/m0/s1. The molecule has 2 heterocycles. The van der Waals surface area contributed by atoms with E-state index in [9.17, 15) is 34.2 Å². The van der Waals surface area contributed by atoms with Crippen molar-refractivity contribution in [3.63, 3.8) is 0 Å². The van der Waals surface area contributed by atoms with E-state index in [1.54, 1.807) is 6.92 Å². The third-order valence-corrected chi connectivity index (χ3v) is 5.59. The third kappa shape index (κ3) is 5.50. The number of hydrogen-bond acceptors (Lipinski definition) is 8. The van der Waals surface area contributed by atoms with E-state index >= 15 is 0 Å². The summed E-state index contributed by atoms with van der Waals surface area (Å²) in [6.07, 6.45) is 1.57. The quantitative estimate of drug-likeness (QED) is 0.428. The van der Waals surface area contributed by atoms with Gasteiger partial charge in [0.15, 0.2) is 0 Å². The molecule has 0 radical (unpaired) electrons. The smallest absolute Gasteiger partial charge is 0.335 e. The van der Waals surface area contributed by atoms with Crippen molar-refractivity contribution in [2.75, 3.05) is 6.54 Å². The second kappa shape index (κ2) is 9.74. The number of hydrogen-bond donors (Lipinski definition) is 2. The van der Waals surface area contributed by atoms with Crippen molar-refractivity contribution in [1.82, 2.24) is 4.90 Å². The first-order valence-electron chi connectivity index (χ1n) is 9.75. The van der Waals surface area contributed by atoms with Crippen LogP contribution in [0.2, 0.25) is 0 Å². The topological polar surface area (TPSA) is 151 Å². The first-order chi connectivity index (χ1) is 15.6. The Kier molecular flexibility index (Phi) is 7.02. The average Bonchev–Trinajstić information content (AvgIpc) is 3.33. The molecule has 2 amide bonds. The molecule has 1 fully saturated rings. The largest absolute Gasteiger partial charge is 0.478 e. The summed E-state index contributed by atoms with van der Waals surface area (Å²) in [7, 11) is 0. The van der Waals surface area contributed by atoms with Gasteiger partial charge in [-0.05, 0) is 55.4 Å². The zero-order valence-corrected chi connectivity index (χ0v) is 18.4. The minimum Gasteiger partial charge on any atom is -0.478 e. The number of imide groups is 1. The van der Waals surface area contributed by atoms with Crippen molar-refractivity contribution in [1.29, 1.82) is 0 Å². The number of carboxylic acid groups (broad SMARTS) is 2. The maximum Gasteiger partial charge on any atom is 0.335 e. The number of carbonyl (C=O) groups excluding carboxylic acids is 3. The molecular weight excluding hydrogens is 454 g/mol. The number of rotatable bonds is 8. The van der Waals surface area contributed by atoms with Gasteiger partial charge in [0.25, 0.3) is 11.1 Å². The molecule has 2 N–H and O–H groups in total. The number of benzene rings is 1. The van der Waals surface area contributed by atoms with Crippen LogP contribution in [0.15, 0.2) is 39.7 Å². The Labute approximate surface area is 191 Å². The molecule has 33 heavy (non-hydrogen) atoms. The molecule has 1 saturated heterocycles. The number of aromatic carboxylic acids is 2. The van der Waals surface area contributed by atoms with Crippen LogP contribution >= 0.6 is 11.8 Å². The van der Waals surface area contributed by atoms with E-state index in [1.165, 1.54) is 30.3 Å². The molecular formula is C22H19NO9S.